The lowest BCUT2D eigenvalue weighted by Crippen LogP contribution is -2.40. The van der Waals surface area contributed by atoms with E-state index in [0.717, 1.165) is 30.8 Å². The maximum Gasteiger partial charge on any atom is 0.241 e. The van der Waals surface area contributed by atoms with E-state index in [0.29, 0.717) is 13.0 Å². The van der Waals surface area contributed by atoms with Gasteiger partial charge in [-0.15, -0.1) is 0 Å². The molecule has 1 aliphatic rings. The summed E-state index contributed by atoms with van der Waals surface area (Å²) in [4.78, 5) is 14.4. The van der Waals surface area contributed by atoms with Gasteiger partial charge < -0.3 is 10.1 Å². The van der Waals surface area contributed by atoms with Gasteiger partial charge in [0.1, 0.15) is 5.75 Å². The number of carbonyl (C=O) groups is 1. The fraction of sp³-hybridized carbons (Fsp3) is 0.467. The van der Waals surface area contributed by atoms with Crippen molar-refractivity contribution in [2.45, 2.75) is 25.3 Å². The monoisotopic (exact) mass is 273 g/mol. The smallest absolute Gasteiger partial charge is 0.241 e. The van der Waals surface area contributed by atoms with E-state index >= 15 is 0 Å². The number of methoxy groups -OCH3 is 1. The van der Waals surface area contributed by atoms with Gasteiger partial charge in [0, 0.05) is 18.7 Å². The molecule has 1 N–H and O–H groups in total. The molecule has 0 saturated carbocycles. The van der Waals surface area contributed by atoms with Crippen LogP contribution in [0.4, 0.5) is 5.69 Å². The molecule has 20 heavy (non-hydrogen) atoms. The summed E-state index contributed by atoms with van der Waals surface area (Å²) in [5.41, 5.74) is 0.767. The van der Waals surface area contributed by atoms with Crippen LogP contribution in [-0.4, -0.2) is 37.0 Å². The molecule has 1 aromatic carbocycles. The maximum atomic E-state index is 12.3. The van der Waals surface area contributed by atoms with Crippen LogP contribution >= 0.6 is 0 Å². The zero-order valence-electron chi connectivity index (χ0n) is 11.6. The summed E-state index contributed by atoms with van der Waals surface area (Å²) in [6, 6.07) is 9.29. The van der Waals surface area contributed by atoms with Crippen LogP contribution in [0.3, 0.4) is 0 Å². The highest BCUT2D eigenvalue weighted by Crippen LogP contribution is 2.20. The van der Waals surface area contributed by atoms with Crippen LogP contribution in [0.2, 0.25) is 0 Å². The van der Waals surface area contributed by atoms with Crippen LogP contribution in [-0.2, 0) is 4.79 Å². The molecule has 0 bridgehead atoms. The maximum absolute atomic E-state index is 12.3. The van der Waals surface area contributed by atoms with Gasteiger partial charge in [0.15, 0.2) is 0 Å². The zero-order valence-corrected chi connectivity index (χ0v) is 11.6. The van der Waals surface area contributed by atoms with Crippen molar-refractivity contribution in [1.29, 1.82) is 5.26 Å². The summed E-state index contributed by atoms with van der Waals surface area (Å²) in [7, 11) is 1.61. The number of anilines is 1. The largest absolute Gasteiger partial charge is 0.497 e. The molecule has 0 radical (unpaired) electrons. The predicted octanol–water partition coefficient (Wildman–Crippen LogP) is 2.01. The minimum absolute atomic E-state index is 0.00519. The Balaban J connectivity index is 1.94. The number of hydrogen-bond acceptors (Lipinski definition) is 4. The van der Waals surface area contributed by atoms with Crippen LogP contribution in [0.1, 0.15) is 19.3 Å². The number of nitrogens with zero attached hydrogens (tertiary/aromatic N) is 2. The highest BCUT2D eigenvalue weighted by molar-refractivity contribution is 5.95. The molecule has 1 amide bonds. The van der Waals surface area contributed by atoms with Crippen LogP contribution in [0.5, 0.6) is 5.75 Å². The first-order valence-electron chi connectivity index (χ1n) is 6.80. The molecule has 1 aromatic rings. The summed E-state index contributed by atoms with van der Waals surface area (Å²) in [6.45, 7) is 1.56. The van der Waals surface area contributed by atoms with Gasteiger partial charge in [-0.1, -0.05) is 0 Å². The third kappa shape index (κ3) is 3.49. The van der Waals surface area contributed by atoms with Crippen LogP contribution in [0.25, 0.3) is 0 Å². The third-order valence-corrected chi connectivity index (χ3v) is 3.53. The van der Waals surface area contributed by atoms with Crippen molar-refractivity contribution >= 4 is 11.6 Å². The second-order valence-electron chi connectivity index (χ2n) is 4.82. The number of hydrogen-bond donors (Lipinski definition) is 1. The lowest BCUT2D eigenvalue weighted by Gasteiger charge is -2.22. The van der Waals surface area contributed by atoms with E-state index in [2.05, 4.69) is 16.3 Å². The summed E-state index contributed by atoms with van der Waals surface area (Å²) in [5, 5.41) is 11.6. The van der Waals surface area contributed by atoms with Gasteiger partial charge in [-0.2, -0.15) is 5.26 Å². The Kier molecular flexibility index (Phi) is 4.97. The molecule has 0 unspecified atom stereocenters. The number of rotatable bonds is 5. The van der Waals surface area contributed by atoms with Gasteiger partial charge >= 0.3 is 0 Å². The standard InChI is InChI=1S/C15H19N3O2/c1-20-13-7-5-12(6-8-13)17-15(19)14-4-2-10-18(14)11-3-9-16/h5-8,14H,2-4,10-11H2,1H3,(H,17,19)/t14-/m1/s1. The molecule has 0 aromatic heterocycles. The zero-order chi connectivity index (χ0) is 14.4. The number of benzene rings is 1. The number of nitrogens with one attached hydrogen (secondary N) is 1. The van der Waals surface area contributed by atoms with Crippen molar-refractivity contribution in [3.8, 4) is 11.8 Å². The van der Waals surface area contributed by atoms with Crippen LogP contribution in [0, 0.1) is 11.3 Å². The lowest BCUT2D eigenvalue weighted by atomic mass is 10.2. The fourth-order valence-corrected chi connectivity index (χ4v) is 2.48. The molecule has 1 aliphatic heterocycles. The average molecular weight is 273 g/mol. The molecule has 1 saturated heterocycles. The Morgan fingerprint density at radius 1 is 1.50 bits per heavy atom. The van der Waals surface area contributed by atoms with Crippen molar-refractivity contribution < 1.29 is 9.53 Å². The van der Waals surface area contributed by atoms with Gasteiger partial charge in [0.05, 0.1) is 19.2 Å². The minimum atomic E-state index is -0.120. The molecule has 106 valence electrons. The van der Waals surface area contributed by atoms with Crippen molar-refractivity contribution in [3.63, 3.8) is 0 Å². The molecule has 1 atom stereocenters. The molecule has 2 rings (SSSR count). The molecule has 0 aliphatic carbocycles. The second-order valence-corrected chi connectivity index (χ2v) is 4.82. The van der Waals surface area contributed by atoms with Crippen molar-refractivity contribution in [1.82, 2.24) is 4.90 Å². The van der Waals surface area contributed by atoms with Gasteiger partial charge in [-0.3, -0.25) is 9.69 Å². The van der Waals surface area contributed by atoms with E-state index in [1.54, 1.807) is 7.11 Å². The number of amides is 1. The molecule has 0 spiro atoms. The molecule has 1 heterocycles. The number of ether oxygens (including phenoxy) is 1. The Bertz CT molecular complexity index is 493. The Labute approximate surface area is 119 Å². The van der Waals surface area contributed by atoms with E-state index in [4.69, 9.17) is 10.00 Å². The quantitative estimate of drug-likeness (QED) is 0.891. The second kappa shape index (κ2) is 6.92. The van der Waals surface area contributed by atoms with E-state index in [1.807, 2.05) is 24.3 Å². The van der Waals surface area contributed by atoms with E-state index in [-0.39, 0.29) is 11.9 Å². The highest BCUT2D eigenvalue weighted by Gasteiger charge is 2.30. The van der Waals surface area contributed by atoms with Gasteiger partial charge in [0.25, 0.3) is 0 Å². The van der Waals surface area contributed by atoms with E-state index in [1.165, 1.54) is 0 Å². The molecule has 1 fully saturated rings. The van der Waals surface area contributed by atoms with Crippen LogP contribution in [0.15, 0.2) is 24.3 Å². The normalized spacial score (nSPS) is 18.5. The SMILES string of the molecule is COc1ccc(NC(=O)[C@H]2CCCN2CCC#N)cc1. The first kappa shape index (κ1) is 14.4. The number of carbonyl (C=O) groups excluding carboxylic acids is 1. The summed E-state index contributed by atoms with van der Waals surface area (Å²) >= 11 is 0. The first-order valence-corrected chi connectivity index (χ1v) is 6.80. The molecular formula is C15H19N3O2. The minimum Gasteiger partial charge on any atom is -0.497 e. The fourth-order valence-electron chi connectivity index (χ4n) is 2.48. The van der Waals surface area contributed by atoms with Gasteiger partial charge in [0.2, 0.25) is 5.91 Å². The van der Waals surface area contributed by atoms with E-state index in [9.17, 15) is 4.79 Å². The van der Waals surface area contributed by atoms with Gasteiger partial charge in [-0.05, 0) is 43.7 Å². The number of likely N-dealkylation sites (tertiary alicyclic amines) is 1. The summed E-state index contributed by atoms with van der Waals surface area (Å²) in [6.07, 6.45) is 2.33. The average Bonchev–Trinajstić information content (AvgIpc) is 2.94. The summed E-state index contributed by atoms with van der Waals surface area (Å²) < 4.78 is 5.08. The molecule has 5 nitrogen and oxygen atoms in total. The Morgan fingerprint density at radius 3 is 2.90 bits per heavy atom. The van der Waals surface area contributed by atoms with Crippen LogP contribution < -0.4 is 10.1 Å². The molecule has 5 heteroatoms. The third-order valence-electron chi connectivity index (χ3n) is 3.53. The lowest BCUT2D eigenvalue weighted by molar-refractivity contribution is -0.120. The van der Waals surface area contributed by atoms with Crippen molar-refractivity contribution in [2.75, 3.05) is 25.5 Å². The topological polar surface area (TPSA) is 65.4 Å². The highest BCUT2D eigenvalue weighted by atomic mass is 16.5. The van der Waals surface area contributed by atoms with Crippen molar-refractivity contribution in [3.05, 3.63) is 24.3 Å². The van der Waals surface area contributed by atoms with Gasteiger partial charge in [-0.25, -0.2) is 0 Å². The van der Waals surface area contributed by atoms with Crippen molar-refractivity contribution in [2.24, 2.45) is 0 Å². The molecular weight excluding hydrogens is 254 g/mol. The Hall–Kier alpha value is -2.06. The first-order chi connectivity index (χ1) is 9.74. The summed E-state index contributed by atoms with van der Waals surface area (Å²) in [5.74, 6) is 0.769. The predicted molar refractivity (Wildman–Crippen MR) is 76.4 cm³/mol. The number of nitriles is 1. The van der Waals surface area contributed by atoms with E-state index < -0.39 is 0 Å². The Morgan fingerprint density at radius 2 is 2.25 bits per heavy atom.